The number of carboxylic acids is 1. The van der Waals surface area contributed by atoms with Crippen molar-refractivity contribution in [2.75, 3.05) is 0 Å². The van der Waals surface area contributed by atoms with Crippen molar-refractivity contribution >= 4 is 17.8 Å². The molecule has 0 radical (unpaired) electrons. The molecule has 21 heavy (non-hydrogen) atoms. The zero-order valence-electron chi connectivity index (χ0n) is 10.6. The summed E-state index contributed by atoms with van der Waals surface area (Å²) in [6.07, 6.45) is 0. The van der Waals surface area contributed by atoms with Crippen LogP contribution in [0.15, 0.2) is 46.9 Å². The van der Waals surface area contributed by atoms with Gasteiger partial charge in [0.15, 0.2) is 11.8 Å². The van der Waals surface area contributed by atoms with Gasteiger partial charge < -0.3 is 14.8 Å². The molecule has 1 aromatic carbocycles. The maximum atomic E-state index is 11.9. The molecule has 1 amide bonds. The molecule has 2 rings (SSSR count). The summed E-state index contributed by atoms with van der Waals surface area (Å²) in [5, 5.41) is 21.9. The van der Waals surface area contributed by atoms with Crippen molar-refractivity contribution in [3.63, 3.8) is 0 Å². The fourth-order valence-corrected chi connectivity index (χ4v) is 1.68. The number of benzene rings is 1. The van der Waals surface area contributed by atoms with Crippen LogP contribution >= 0.6 is 0 Å². The molecule has 2 N–H and O–H groups in total. The second-order valence-electron chi connectivity index (χ2n) is 4.05. The third kappa shape index (κ3) is 3.24. The molecule has 0 unspecified atom stereocenters. The molecule has 2 aromatic rings. The fraction of sp³-hybridized carbons (Fsp3) is 0.0769. The predicted molar refractivity (Wildman–Crippen MR) is 69.6 cm³/mol. The molecule has 1 heterocycles. The number of hydrogen-bond acceptors (Lipinski definition) is 5. The highest BCUT2D eigenvalue weighted by molar-refractivity contribution is 5.94. The summed E-state index contributed by atoms with van der Waals surface area (Å²) in [6, 6.07) is 8.92. The normalized spacial score (nSPS) is 11.6. The van der Waals surface area contributed by atoms with Gasteiger partial charge in [-0.2, -0.15) is 0 Å². The molecule has 0 aliphatic carbocycles. The topological polar surface area (TPSA) is 123 Å². The minimum Gasteiger partial charge on any atom is -0.479 e. The average Bonchev–Trinajstić information content (AvgIpc) is 2.95. The maximum Gasteiger partial charge on any atom is 0.433 e. The molecule has 0 aliphatic heterocycles. The van der Waals surface area contributed by atoms with Crippen LogP contribution in [0.5, 0.6) is 0 Å². The molecule has 1 aromatic heterocycles. The van der Waals surface area contributed by atoms with E-state index in [0.29, 0.717) is 5.56 Å². The van der Waals surface area contributed by atoms with Gasteiger partial charge in [-0.05, 0) is 11.6 Å². The molecule has 8 nitrogen and oxygen atoms in total. The monoisotopic (exact) mass is 290 g/mol. The number of nitrogens with zero attached hydrogens (tertiary/aromatic N) is 1. The first-order valence-corrected chi connectivity index (χ1v) is 5.82. The van der Waals surface area contributed by atoms with Gasteiger partial charge in [0, 0.05) is 0 Å². The zero-order chi connectivity index (χ0) is 15.4. The van der Waals surface area contributed by atoms with Gasteiger partial charge in [-0.15, -0.1) is 0 Å². The van der Waals surface area contributed by atoms with Crippen LogP contribution in [-0.2, 0) is 4.79 Å². The van der Waals surface area contributed by atoms with Crippen molar-refractivity contribution in [2.45, 2.75) is 6.04 Å². The Kier molecular flexibility index (Phi) is 3.98. The SMILES string of the molecule is O=C(N[C@H](C(=O)O)c1ccccc1)c1ccc([N+](=O)[O-])o1. The third-order valence-electron chi connectivity index (χ3n) is 2.65. The van der Waals surface area contributed by atoms with E-state index in [0.717, 1.165) is 12.1 Å². The van der Waals surface area contributed by atoms with Crippen LogP contribution in [-0.4, -0.2) is 21.9 Å². The second-order valence-corrected chi connectivity index (χ2v) is 4.05. The van der Waals surface area contributed by atoms with Crippen molar-refractivity contribution in [3.8, 4) is 0 Å². The van der Waals surface area contributed by atoms with E-state index < -0.39 is 28.7 Å². The first-order chi connectivity index (χ1) is 9.99. The average molecular weight is 290 g/mol. The Morgan fingerprint density at radius 2 is 1.86 bits per heavy atom. The smallest absolute Gasteiger partial charge is 0.433 e. The molecule has 108 valence electrons. The van der Waals surface area contributed by atoms with Crippen molar-refractivity contribution in [1.29, 1.82) is 0 Å². The maximum absolute atomic E-state index is 11.9. The number of nitro groups is 1. The molecule has 0 bridgehead atoms. The molecule has 0 saturated heterocycles. The lowest BCUT2D eigenvalue weighted by Crippen LogP contribution is -2.33. The van der Waals surface area contributed by atoms with E-state index in [1.54, 1.807) is 30.3 Å². The first-order valence-electron chi connectivity index (χ1n) is 5.82. The number of carbonyl (C=O) groups is 2. The van der Waals surface area contributed by atoms with Crippen LogP contribution in [0.1, 0.15) is 22.2 Å². The van der Waals surface area contributed by atoms with Crippen molar-refractivity contribution in [1.82, 2.24) is 5.32 Å². The number of rotatable bonds is 5. The summed E-state index contributed by atoms with van der Waals surface area (Å²) in [5.74, 6) is -3.02. The Morgan fingerprint density at radius 3 is 2.38 bits per heavy atom. The lowest BCUT2D eigenvalue weighted by molar-refractivity contribution is -0.402. The van der Waals surface area contributed by atoms with Crippen molar-refractivity contribution < 1.29 is 24.0 Å². The summed E-state index contributed by atoms with van der Waals surface area (Å²) in [7, 11) is 0. The molecule has 0 spiro atoms. The number of amides is 1. The number of furan rings is 1. The highest BCUT2D eigenvalue weighted by Crippen LogP contribution is 2.18. The van der Waals surface area contributed by atoms with E-state index in [9.17, 15) is 19.7 Å². The van der Waals surface area contributed by atoms with E-state index in [1.165, 1.54) is 0 Å². The van der Waals surface area contributed by atoms with Gasteiger partial charge in [0.25, 0.3) is 5.91 Å². The Morgan fingerprint density at radius 1 is 1.19 bits per heavy atom. The summed E-state index contributed by atoms with van der Waals surface area (Å²) in [4.78, 5) is 32.8. The molecule has 8 heteroatoms. The van der Waals surface area contributed by atoms with Gasteiger partial charge in [-0.1, -0.05) is 30.3 Å². The quantitative estimate of drug-likeness (QED) is 0.638. The summed E-state index contributed by atoms with van der Waals surface area (Å²) in [6.45, 7) is 0. The minimum atomic E-state index is -1.28. The fourth-order valence-electron chi connectivity index (χ4n) is 1.68. The van der Waals surface area contributed by atoms with Crippen LogP contribution in [0.2, 0.25) is 0 Å². The van der Waals surface area contributed by atoms with Gasteiger partial charge in [-0.25, -0.2) is 4.79 Å². The van der Waals surface area contributed by atoms with Crippen LogP contribution < -0.4 is 5.32 Å². The molecule has 0 saturated carbocycles. The molecule has 0 aliphatic rings. The number of carbonyl (C=O) groups excluding carboxylic acids is 1. The molecule has 0 fully saturated rings. The summed E-state index contributed by atoms with van der Waals surface area (Å²) >= 11 is 0. The van der Waals surface area contributed by atoms with Crippen LogP contribution in [0.3, 0.4) is 0 Å². The zero-order valence-corrected chi connectivity index (χ0v) is 10.6. The largest absolute Gasteiger partial charge is 0.479 e. The Hall–Kier alpha value is -3.16. The van der Waals surface area contributed by atoms with Crippen molar-refractivity contribution in [2.24, 2.45) is 0 Å². The van der Waals surface area contributed by atoms with Gasteiger partial charge in [0.05, 0.1) is 6.07 Å². The first kappa shape index (κ1) is 14.3. The lowest BCUT2D eigenvalue weighted by Gasteiger charge is -2.13. The molecular formula is C13H10N2O6. The summed E-state index contributed by atoms with van der Waals surface area (Å²) in [5.41, 5.74) is 0.374. The number of nitrogens with one attached hydrogen (secondary N) is 1. The number of hydrogen-bond donors (Lipinski definition) is 2. The standard InChI is InChI=1S/C13H10N2O6/c16-12(9-6-7-10(21-9)15(19)20)14-11(13(17)18)8-4-2-1-3-5-8/h1-7,11H,(H,14,16)(H,17,18)/t11-/m0/s1. The van der Waals surface area contributed by atoms with E-state index in [4.69, 9.17) is 9.52 Å². The highest BCUT2D eigenvalue weighted by Gasteiger charge is 2.25. The van der Waals surface area contributed by atoms with Gasteiger partial charge in [-0.3, -0.25) is 14.9 Å². The van der Waals surface area contributed by atoms with E-state index in [2.05, 4.69) is 5.32 Å². The van der Waals surface area contributed by atoms with Crippen LogP contribution in [0.4, 0.5) is 5.88 Å². The Bertz CT molecular complexity index is 679. The molecule has 1 atom stereocenters. The lowest BCUT2D eigenvalue weighted by atomic mass is 10.1. The van der Waals surface area contributed by atoms with Gasteiger partial charge in [0.2, 0.25) is 0 Å². The van der Waals surface area contributed by atoms with E-state index >= 15 is 0 Å². The highest BCUT2D eigenvalue weighted by atomic mass is 16.6. The van der Waals surface area contributed by atoms with E-state index in [-0.39, 0.29) is 5.76 Å². The van der Waals surface area contributed by atoms with Crippen LogP contribution in [0, 0.1) is 10.1 Å². The third-order valence-corrected chi connectivity index (χ3v) is 2.65. The van der Waals surface area contributed by atoms with Crippen LogP contribution in [0.25, 0.3) is 0 Å². The molecular weight excluding hydrogens is 280 g/mol. The Balaban J connectivity index is 2.19. The summed E-state index contributed by atoms with van der Waals surface area (Å²) < 4.78 is 4.72. The van der Waals surface area contributed by atoms with E-state index in [1.807, 2.05) is 0 Å². The van der Waals surface area contributed by atoms with Gasteiger partial charge >= 0.3 is 11.9 Å². The minimum absolute atomic E-state index is 0.330. The van der Waals surface area contributed by atoms with Gasteiger partial charge in [0.1, 0.15) is 4.92 Å². The predicted octanol–water partition coefficient (Wildman–Crippen LogP) is 1.74. The Labute approximate surface area is 118 Å². The van der Waals surface area contributed by atoms with Crippen molar-refractivity contribution in [3.05, 3.63) is 63.9 Å². The second kappa shape index (κ2) is 5.87. The number of aliphatic carboxylic acids is 1. The number of carboxylic acid groups (broad SMARTS) is 1.